The van der Waals surface area contributed by atoms with Gasteiger partial charge in [0.05, 0.1) is 11.9 Å². The minimum absolute atomic E-state index is 0.161. The van der Waals surface area contributed by atoms with E-state index < -0.39 is 24.1 Å². The molecule has 3 amide bonds. The van der Waals surface area contributed by atoms with Crippen LogP contribution in [0.25, 0.3) is 0 Å². The molecule has 0 aromatic heterocycles. The van der Waals surface area contributed by atoms with Crippen molar-refractivity contribution in [2.24, 2.45) is 0 Å². The van der Waals surface area contributed by atoms with Crippen LogP contribution in [0.4, 0.5) is 4.79 Å². The van der Waals surface area contributed by atoms with Gasteiger partial charge in [-0.15, -0.1) is 11.8 Å². The number of carbonyl (C=O) groups excluding carboxylic acids is 3. The molecule has 0 aliphatic rings. The fraction of sp³-hybridized carbons (Fsp3) is 0.323. The van der Waals surface area contributed by atoms with Gasteiger partial charge in [0.15, 0.2) is 6.10 Å². The fourth-order valence-electron chi connectivity index (χ4n) is 3.92. The highest BCUT2D eigenvalue weighted by atomic mass is 35.5. The lowest BCUT2D eigenvalue weighted by Crippen LogP contribution is -2.54. The molecule has 0 saturated carbocycles. The Kier molecular flexibility index (Phi) is 12.5. The zero-order chi connectivity index (χ0) is 29.8. The number of ether oxygens (including phenoxy) is 1. The molecule has 218 valence electrons. The molecule has 10 heteroatoms. The number of hydrogen-bond acceptors (Lipinski definition) is 6. The molecule has 0 bridgehead atoms. The van der Waals surface area contributed by atoms with Crippen LogP contribution in [-0.4, -0.2) is 57.7 Å². The quantitative estimate of drug-likeness (QED) is 0.241. The van der Waals surface area contributed by atoms with Gasteiger partial charge in [-0.25, -0.2) is 4.79 Å². The standard InChI is InChI=1S/C31H36ClN3O5S/c1-21(2)41-20-35(19-28(36)33-18-24-12-8-7-9-22(24)3)30(38)29(37)27(17-23-10-5-4-6-11-23)34-31(39)40-26-15-13-25(32)14-16-26/h4-16,21,27,29,37H,17-20H2,1-3H3,(H,33,36)(H,34,39)/t27-,29-/m0/s1. The lowest BCUT2D eigenvalue weighted by Gasteiger charge is -2.29. The summed E-state index contributed by atoms with van der Waals surface area (Å²) in [5, 5.41) is 17.4. The van der Waals surface area contributed by atoms with Crippen molar-refractivity contribution in [1.29, 1.82) is 0 Å². The van der Waals surface area contributed by atoms with Gasteiger partial charge >= 0.3 is 6.09 Å². The molecular formula is C31H36ClN3O5S. The molecule has 8 nitrogen and oxygen atoms in total. The van der Waals surface area contributed by atoms with E-state index in [1.165, 1.54) is 28.8 Å². The minimum atomic E-state index is -1.63. The van der Waals surface area contributed by atoms with Gasteiger partial charge in [0.1, 0.15) is 12.3 Å². The van der Waals surface area contributed by atoms with Crippen molar-refractivity contribution in [3.05, 3.63) is 101 Å². The Morgan fingerprint density at radius 2 is 1.63 bits per heavy atom. The van der Waals surface area contributed by atoms with Crippen LogP contribution in [0, 0.1) is 6.92 Å². The van der Waals surface area contributed by atoms with Crippen LogP contribution in [0.3, 0.4) is 0 Å². The molecular weight excluding hydrogens is 562 g/mol. The molecule has 0 unspecified atom stereocenters. The van der Waals surface area contributed by atoms with Gasteiger partial charge in [-0.1, -0.05) is 80.0 Å². The van der Waals surface area contributed by atoms with Crippen LogP contribution in [-0.2, 0) is 22.6 Å². The summed E-state index contributed by atoms with van der Waals surface area (Å²) in [7, 11) is 0. The van der Waals surface area contributed by atoms with E-state index in [1.807, 2.05) is 75.4 Å². The van der Waals surface area contributed by atoms with E-state index in [2.05, 4.69) is 10.6 Å². The summed E-state index contributed by atoms with van der Waals surface area (Å²) < 4.78 is 5.34. The summed E-state index contributed by atoms with van der Waals surface area (Å²) in [6.45, 7) is 6.00. The van der Waals surface area contributed by atoms with E-state index in [4.69, 9.17) is 16.3 Å². The third-order valence-electron chi connectivity index (χ3n) is 6.21. The smallest absolute Gasteiger partial charge is 0.410 e. The number of aryl methyl sites for hydroxylation is 1. The normalized spacial score (nSPS) is 12.3. The molecule has 3 rings (SSSR count). The van der Waals surface area contributed by atoms with Crippen molar-refractivity contribution >= 4 is 41.3 Å². The van der Waals surface area contributed by atoms with Gasteiger partial charge < -0.3 is 25.4 Å². The molecule has 0 radical (unpaired) electrons. The van der Waals surface area contributed by atoms with E-state index in [9.17, 15) is 19.5 Å². The van der Waals surface area contributed by atoms with E-state index in [-0.39, 0.29) is 35.7 Å². The summed E-state index contributed by atoms with van der Waals surface area (Å²) in [5.41, 5.74) is 2.82. The van der Waals surface area contributed by atoms with E-state index >= 15 is 0 Å². The first-order valence-corrected chi connectivity index (χ1v) is 14.7. The van der Waals surface area contributed by atoms with E-state index in [0.29, 0.717) is 11.6 Å². The maximum atomic E-state index is 13.6. The van der Waals surface area contributed by atoms with E-state index in [0.717, 1.165) is 16.7 Å². The van der Waals surface area contributed by atoms with Gasteiger partial charge in [-0.3, -0.25) is 9.59 Å². The first-order valence-electron chi connectivity index (χ1n) is 13.3. The van der Waals surface area contributed by atoms with Crippen LogP contribution < -0.4 is 15.4 Å². The number of benzene rings is 3. The second kappa shape index (κ2) is 16.0. The zero-order valence-electron chi connectivity index (χ0n) is 23.4. The average molecular weight is 598 g/mol. The number of amides is 3. The highest BCUT2D eigenvalue weighted by Crippen LogP contribution is 2.17. The van der Waals surface area contributed by atoms with Crippen molar-refractivity contribution < 1.29 is 24.2 Å². The first-order chi connectivity index (χ1) is 19.6. The lowest BCUT2D eigenvalue weighted by atomic mass is 10.0. The molecule has 3 aromatic rings. The molecule has 41 heavy (non-hydrogen) atoms. The number of rotatable bonds is 13. The Hall–Kier alpha value is -3.53. The van der Waals surface area contributed by atoms with Crippen molar-refractivity contribution in [3.63, 3.8) is 0 Å². The number of aliphatic hydroxyl groups is 1. The summed E-state index contributed by atoms with van der Waals surface area (Å²) >= 11 is 7.37. The number of hydrogen-bond donors (Lipinski definition) is 3. The Labute approximate surface area is 250 Å². The Bertz CT molecular complexity index is 1290. The topological polar surface area (TPSA) is 108 Å². The molecule has 0 spiro atoms. The van der Waals surface area contributed by atoms with Gasteiger partial charge in [-0.05, 0) is 54.3 Å². The number of aliphatic hydroxyl groups excluding tert-OH is 1. The molecule has 3 N–H and O–H groups in total. The van der Waals surface area contributed by atoms with E-state index in [1.54, 1.807) is 12.1 Å². The van der Waals surface area contributed by atoms with Crippen LogP contribution in [0.1, 0.15) is 30.5 Å². The second-order valence-electron chi connectivity index (χ2n) is 9.81. The van der Waals surface area contributed by atoms with Crippen LogP contribution in [0.2, 0.25) is 5.02 Å². The summed E-state index contributed by atoms with van der Waals surface area (Å²) in [5.74, 6) is -0.574. The number of halogens is 1. The third-order valence-corrected chi connectivity index (χ3v) is 7.59. The largest absolute Gasteiger partial charge is 0.412 e. The Morgan fingerprint density at radius 3 is 2.29 bits per heavy atom. The number of nitrogens with one attached hydrogen (secondary N) is 2. The fourth-order valence-corrected chi connectivity index (χ4v) is 4.74. The van der Waals surface area contributed by atoms with Crippen molar-refractivity contribution in [1.82, 2.24) is 15.5 Å². The maximum Gasteiger partial charge on any atom is 0.412 e. The highest BCUT2D eigenvalue weighted by molar-refractivity contribution is 7.99. The predicted octanol–water partition coefficient (Wildman–Crippen LogP) is 4.95. The average Bonchev–Trinajstić information content (AvgIpc) is 2.95. The van der Waals surface area contributed by atoms with Gasteiger partial charge in [0.25, 0.3) is 5.91 Å². The molecule has 0 aliphatic heterocycles. The van der Waals surface area contributed by atoms with Crippen molar-refractivity contribution in [3.8, 4) is 5.75 Å². The SMILES string of the molecule is Cc1ccccc1CNC(=O)CN(CSC(C)C)C(=O)[C@@H](O)[C@H](Cc1ccccc1)NC(=O)Oc1ccc(Cl)cc1. The number of thioether (sulfide) groups is 1. The lowest BCUT2D eigenvalue weighted by molar-refractivity contribution is -0.143. The summed E-state index contributed by atoms with van der Waals surface area (Å²) in [6, 6.07) is 22.1. The van der Waals surface area contributed by atoms with Crippen LogP contribution in [0.15, 0.2) is 78.9 Å². The molecule has 0 fully saturated rings. The molecule has 0 heterocycles. The third kappa shape index (κ3) is 10.8. The van der Waals surface area contributed by atoms with Crippen molar-refractivity contribution in [2.45, 2.75) is 51.1 Å². The second-order valence-corrected chi connectivity index (χ2v) is 11.8. The molecule has 0 aliphatic carbocycles. The molecule has 0 saturated heterocycles. The zero-order valence-corrected chi connectivity index (χ0v) is 25.0. The van der Waals surface area contributed by atoms with Gasteiger partial charge in [0, 0.05) is 16.8 Å². The van der Waals surface area contributed by atoms with Gasteiger partial charge in [0.2, 0.25) is 5.91 Å². The monoisotopic (exact) mass is 597 g/mol. The Morgan fingerprint density at radius 1 is 0.976 bits per heavy atom. The summed E-state index contributed by atoms with van der Waals surface area (Å²) in [6.07, 6.45) is -2.31. The highest BCUT2D eigenvalue weighted by Gasteiger charge is 2.33. The maximum absolute atomic E-state index is 13.6. The minimum Gasteiger partial charge on any atom is -0.410 e. The first kappa shape index (κ1) is 32.0. The molecule has 3 aromatic carbocycles. The summed E-state index contributed by atoms with van der Waals surface area (Å²) in [4.78, 5) is 40.6. The number of nitrogens with zero attached hydrogens (tertiary/aromatic N) is 1. The van der Waals surface area contributed by atoms with Crippen molar-refractivity contribution in [2.75, 3.05) is 12.4 Å². The van der Waals surface area contributed by atoms with Crippen LogP contribution >= 0.6 is 23.4 Å². The van der Waals surface area contributed by atoms with Crippen LogP contribution in [0.5, 0.6) is 5.75 Å². The molecule has 2 atom stereocenters. The Balaban J connectivity index is 1.74. The van der Waals surface area contributed by atoms with Gasteiger partial charge in [-0.2, -0.15) is 0 Å². The number of carbonyl (C=O) groups is 3. The predicted molar refractivity (Wildman–Crippen MR) is 163 cm³/mol.